The van der Waals surface area contributed by atoms with Crippen molar-refractivity contribution in [2.75, 3.05) is 21.2 Å². The van der Waals surface area contributed by atoms with E-state index >= 15 is 0 Å². The molecule has 0 atom stereocenters. The summed E-state index contributed by atoms with van der Waals surface area (Å²) in [4.78, 5) is 11.9. The molecule has 11 rings (SSSR count). The summed E-state index contributed by atoms with van der Waals surface area (Å²) in [5.41, 5.74) is 17.4. The van der Waals surface area contributed by atoms with Crippen LogP contribution in [-0.2, 0) is 0 Å². The van der Waals surface area contributed by atoms with Gasteiger partial charge in [-0.1, -0.05) is 182 Å². The Morgan fingerprint density at radius 2 is 0.676 bits per heavy atom. The zero-order valence-electron chi connectivity index (χ0n) is 37.6. The standard InChI is InChI=1S/C64H48N4/c1-65-63-61(51-33-41-57(42-34-51)67(53-23-11-4-12-24-53)55-37-29-49(30-38-55)47-19-7-2-8-20-47)59-27-15-16-28-60(59)62(64(63)66-45-17-6-18-46-66)52-35-43-58(44-36-52)68(54-25-13-5-14-26-54)56-39-31-50(32-40-56)48-21-9-3-10-22-48/h2-45H,1,46H2. The molecule has 10 aromatic carbocycles. The van der Waals surface area contributed by atoms with E-state index in [1.54, 1.807) is 0 Å². The molecule has 0 saturated carbocycles. The number of hydrogen-bond acceptors (Lipinski definition) is 4. The maximum absolute atomic E-state index is 4.93. The molecule has 324 valence electrons. The highest BCUT2D eigenvalue weighted by atomic mass is 15.1. The third kappa shape index (κ3) is 8.16. The van der Waals surface area contributed by atoms with Gasteiger partial charge in [-0.15, -0.1) is 0 Å². The lowest BCUT2D eigenvalue weighted by Crippen LogP contribution is -2.19. The molecule has 4 heteroatoms. The first-order chi connectivity index (χ1) is 33.7. The van der Waals surface area contributed by atoms with E-state index < -0.39 is 0 Å². The van der Waals surface area contributed by atoms with Gasteiger partial charge in [-0.25, -0.2) is 0 Å². The quantitative estimate of drug-likeness (QED) is 0.114. The predicted molar refractivity (Wildman–Crippen MR) is 290 cm³/mol. The molecule has 0 aliphatic carbocycles. The lowest BCUT2D eigenvalue weighted by atomic mass is 9.88. The van der Waals surface area contributed by atoms with Crippen molar-refractivity contribution >= 4 is 63.0 Å². The second kappa shape index (κ2) is 18.9. The largest absolute Gasteiger partial charge is 0.342 e. The second-order valence-electron chi connectivity index (χ2n) is 16.8. The molecule has 0 radical (unpaired) electrons. The van der Waals surface area contributed by atoms with Gasteiger partial charge in [0.05, 0.1) is 11.4 Å². The Morgan fingerprint density at radius 3 is 1.07 bits per heavy atom. The van der Waals surface area contributed by atoms with Gasteiger partial charge in [0.25, 0.3) is 0 Å². The normalized spacial score (nSPS) is 12.0. The molecule has 0 aromatic heterocycles. The van der Waals surface area contributed by atoms with E-state index in [4.69, 9.17) is 4.99 Å². The van der Waals surface area contributed by atoms with Gasteiger partial charge >= 0.3 is 0 Å². The summed E-state index contributed by atoms with van der Waals surface area (Å²) in [6.45, 7) is 4.97. The van der Waals surface area contributed by atoms with Crippen LogP contribution in [0.2, 0.25) is 0 Å². The van der Waals surface area contributed by atoms with Crippen LogP contribution in [0.25, 0.3) is 55.3 Å². The zero-order valence-corrected chi connectivity index (χ0v) is 37.6. The smallest absolute Gasteiger partial charge is 0.0950 e. The molecule has 0 amide bonds. The van der Waals surface area contributed by atoms with E-state index in [0.717, 1.165) is 78.5 Å². The van der Waals surface area contributed by atoms with Crippen LogP contribution in [0.5, 0.6) is 0 Å². The van der Waals surface area contributed by atoms with Crippen LogP contribution in [0.4, 0.5) is 45.5 Å². The molecule has 0 bridgehead atoms. The maximum Gasteiger partial charge on any atom is 0.0950 e. The number of hydrogen-bond donors (Lipinski definition) is 0. The number of rotatable bonds is 12. The minimum absolute atomic E-state index is 0.705. The second-order valence-corrected chi connectivity index (χ2v) is 16.8. The van der Waals surface area contributed by atoms with E-state index in [1.165, 1.54) is 22.3 Å². The molecular formula is C64H48N4. The topological polar surface area (TPSA) is 22.1 Å². The fraction of sp³-hybridized carbons (Fsp3) is 0.0156. The Balaban J connectivity index is 1.01. The first-order valence-electron chi connectivity index (χ1n) is 23.1. The number of anilines is 7. The third-order valence-electron chi connectivity index (χ3n) is 12.7. The Hall–Kier alpha value is -8.99. The highest BCUT2D eigenvalue weighted by Crippen LogP contribution is 2.52. The summed E-state index contributed by atoms with van der Waals surface area (Å²) in [5, 5.41) is 2.26. The van der Waals surface area contributed by atoms with E-state index in [9.17, 15) is 0 Å². The zero-order chi connectivity index (χ0) is 45.7. The molecule has 0 N–H and O–H groups in total. The predicted octanol–water partition coefficient (Wildman–Crippen LogP) is 17.7. The molecule has 0 spiro atoms. The minimum atomic E-state index is 0.705. The monoisotopic (exact) mass is 872 g/mol. The number of nitrogens with zero attached hydrogens (tertiary/aromatic N) is 4. The van der Waals surface area contributed by atoms with Crippen molar-refractivity contribution in [2.24, 2.45) is 4.99 Å². The van der Waals surface area contributed by atoms with Gasteiger partial charge in [0.1, 0.15) is 0 Å². The summed E-state index contributed by atoms with van der Waals surface area (Å²) in [6, 6.07) is 86.5. The molecule has 1 aliphatic rings. The summed E-state index contributed by atoms with van der Waals surface area (Å²) < 4.78 is 0. The maximum atomic E-state index is 4.93. The molecule has 4 nitrogen and oxygen atoms in total. The summed E-state index contributed by atoms with van der Waals surface area (Å²) in [5.74, 6) is 0. The number of allylic oxidation sites excluding steroid dienone is 2. The van der Waals surface area contributed by atoms with Crippen LogP contribution in [0, 0.1) is 0 Å². The van der Waals surface area contributed by atoms with Crippen LogP contribution >= 0.6 is 0 Å². The van der Waals surface area contributed by atoms with Crippen LogP contribution in [0.1, 0.15) is 0 Å². The summed E-state index contributed by atoms with van der Waals surface area (Å²) in [6.07, 6.45) is 8.54. The van der Waals surface area contributed by atoms with Gasteiger partial charge in [-0.05, 0) is 130 Å². The molecule has 0 saturated heterocycles. The van der Waals surface area contributed by atoms with Gasteiger partial charge in [0, 0.05) is 58.0 Å². The van der Waals surface area contributed by atoms with E-state index in [2.05, 4.69) is 288 Å². The van der Waals surface area contributed by atoms with Gasteiger partial charge in [-0.2, -0.15) is 0 Å². The summed E-state index contributed by atoms with van der Waals surface area (Å²) in [7, 11) is 0. The first-order valence-corrected chi connectivity index (χ1v) is 23.1. The van der Waals surface area contributed by atoms with Crippen LogP contribution in [0.3, 0.4) is 0 Å². The molecule has 68 heavy (non-hydrogen) atoms. The lowest BCUT2D eigenvalue weighted by molar-refractivity contribution is 1.08. The van der Waals surface area contributed by atoms with Gasteiger partial charge < -0.3 is 14.7 Å². The molecule has 10 aromatic rings. The number of para-hydroxylation sites is 2. The van der Waals surface area contributed by atoms with Crippen molar-refractivity contribution in [3.63, 3.8) is 0 Å². The first kappa shape index (κ1) is 41.7. The van der Waals surface area contributed by atoms with Crippen molar-refractivity contribution in [3.05, 3.63) is 267 Å². The molecule has 1 aliphatic heterocycles. The van der Waals surface area contributed by atoms with Gasteiger partial charge in [-0.3, -0.25) is 4.99 Å². The number of benzene rings is 10. The molecular weight excluding hydrogens is 825 g/mol. The Morgan fingerprint density at radius 1 is 0.338 bits per heavy atom. The van der Waals surface area contributed by atoms with Gasteiger partial charge in [0.15, 0.2) is 0 Å². The minimum Gasteiger partial charge on any atom is -0.342 e. The molecule has 0 fully saturated rings. The van der Waals surface area contributed by atoms with Gasteiger partial charge in [0.2, 0.25) is 0 Å². The third-order valence-corrected chi connectivity index (χ3v) is 12.7. The SMILES string of the molecule is C=Nc1c(N2C=CC=CC2)c(-c2ccc(N(c3ccccc3)c3ccc(-c4ccccc4)cc3)cc2)c2ccccc2c1-c1ccc(N(c2ccccc2)c2ccc(-c3ccccc3)cc2)cc1. The fourth-order valence-electron chi connectivity index (χ4n) is 9.53. The highest BCUT2D eigenvalue weighted by Gasteiger charge is 2.25. The van der Waals surface area contributed by atoms with Crippen LogP contribution in [0.15, 0.2) is 272 Å². The van der Waals surface area contributed by atoms with E-state index in [0.29, 0.717) is 6.54 Å². The van der Waals surface area contributed by atoms with Crippen molar-refractivity contribution < 1.29 is 0 Å². The fourth-order valence-corrected chi connectivity index (χ4v) is 9.53. The summed E-state index contributed by atoms with van der Waals surface area (Å²) >= 11 is 0. The van der Waals surface area contributed by atoms with Crippen molar-refractivity contribution in [2.45, 2.75) is 0 Å². The lowest BCUT2D eigenvalue weighted by Gasteiger charge is -2.30. The Bertz CT molecular complexity index is 3380. The Kier molecular flexibility index (Phi) is 11.6. The van der Waals surface area contributed by atoms with Crippen LogP contribution in [-0.4, -0.2) is 13.3 Å². The van der Waals surface area contributed by atoms with Crippen molar-refractivity contribution in [1.82, 2.24) is 0 Å². The van der Waals surface area contributed by atoms with E-state index in [1.807, 2.05) is 0 Å². The number of aliphatic imine (C=N–C) groups is 1. The number of fused-ring (bicyclic) bond motifs is 1. The average molecular weight is 873 g/mol. The van der Waals surface area contributed by atoms with Crippen LogP contribution < -0.4 is 14.7 Å². The van der Waals surface area contributed by atoms with Crippen molar-refractivity contribution in [1.29, 1.82) is 0 Å². The Labute approximate surface area is 399 Å². The van der Waals surface area contributed by atoms with E-state index in [-0.39, 0.29) is 0 Å². The molecule has 0 unspecified atom stereocenters. The molecule has 1 heterocycles. The average Bonchev–Trinajstić information content (AvgIpc) is 3.42. The highest BCUT2D eigenvalue weighted by molar-refractivity contribution is 6.16. The van der Waals surface area contributed by atoms with Crippen molar-refractivity contribution in [3.8, 4) is 44.5 Å².